The molecule has 1 unspecified atom stereocenters. The maximum Gasteiger partial charge on any atom is 0.244 e. The van der Waals surface area contributed by atoms with E-state index in [1.807, 2.05) is 31.2 Å². The topological polar surface area (TPSA) is 84.2 Å². The van der Waals surface area contributed by atoms with Crippen molar-refractivity contribution in [3.05, 3.63) is 72.7 Å². The van der Waals surface area contributed by atoms with E-state index in [1.165, 1.54) is 0 Å². The van der Waals surface area contributed by atoms with E-state index in [4.69, 9.17) is 13.9 Å². The molecule has 1 aliphatic rings. The second-order valence-electron chi connectivity index (χ2n) is 7.98. The molecule has 0 saturated carbocycles. The van der Waals surface area contributed by atoms with Crippen molar-refractivity contribution in [1.82, 2.24) is 9.62 Å². The summed E-state index contributed by atoms with van der Waals surface area (Å²) in [4.78, 5) is 4.72. The van der Waals surface area contributed by atoms with E-state index in [0.717, 1.165) is 43.4 Å². The summed E-state index contributed by atoms with van der Waals surface area (Å²) in [7, 11) is -2.10. The predicted octanol–water partition coefficient (Wildman–Crippen LogP) is 3.53. The number of furan rings is 1. The Balaban J connectivity index is 1.45. The molecule has 9 heteroatoms. The fourth-order valence-electron chi connectivity index (χ4n) is 4.19. The van der Waals surface area contributed by atoms with Crippen LogP contribution < -0.4 is 19.1 Å². The molecule has 2 heterocycles. The standard InChI is InChI=1S/C25H31N3O5S/c1-3-32-24-7-4-5-9-25(24)34(29,30)26-19-22(23-8-6-18-33-23)28-16-14-27(15-17-28)20-10-12-21(31-2)13-11-20/h4-13,18,22,26H,3,14-17,19H2,1-2H3. The van der Waals surface area contributed by atoms with Crippen molar-refractivity contribution < 1.29 is 22.3 Å². The molecule has 4 rings (SSSR count). The lowest BCUT2D eigenvalue weighted by atomic mass is 10.1. The van der Waals surface area contributed by atoms with Crippen molar-refractivity contribution >= 4 is 15.7 Å². The summed E-state index contributed by atoms with van der Waals surface area (Å²) in [5, 5.41) is 0. The third-order valence-electron chi connectivity index (χ3n) is 5.97. The molecule has 8 nitrogen and oxygen atoms in total. The Kier molecular flexibility index (Phi) is 7.77. The van der Waals surface area contributed by atoms with E-state index in [1.54, 1.807) is 37.6 Å². The van der Waals surface area contributed by atoms with Crippen LogP contribution in [-0.2, 0) is 10.0 Å². The first-order valence-electron chi connectivity index (χ1n) is 11.4. The molecule has 3 aromatic rings. The number of ether oxygens (including phenoxy) is 2. The molecule has 182 valence electrons. The average molecular weight is 486 g/mol. The molecule has 0 amide bonds. The Bertz CT molecular complexity index is 1140. The van der Waals surface area contributed by atoms with Crippen molar-refractivity contribution in [3.8, 4) is 11.5 Å². The van der Waals surface area contributed by atoms with Gasteiger partial charge in [-0.25, -0.2) is 13.1 Å². The van der Waals surface area contributed by atoms with E-state index in [-0.39, 0.29) is 17.5 Å². The molecule has 2 aromatic carbocycles. The van der Waals surface area contributed by atoms with Gasteiger partial charge >= 0.3 is 0 Å². The zero-order chi connectivity index (χ0) is 24.0. The second-order valence-corrected chi connectivity index (χ2v) is 9.72. The highest BCUT2D eigenvalue weighted by Gasteiger charge is 2.29. The highest BCUT2D eigenvalue weighted by atomic mass is 32.2. The van der Waals surface area contributed by atoms with Gasteiger partial charge in [-0.15, -0.1) is 0 Å². The molecule has 0 radical (unpaired) electrons. The molecule has 1 atom stereocenters. The van der Waals surface area contributed by atoms with Crippen molar-refractivity contribution in [3.63, 3.8) is 0 Å². The van der Waals surface area contributed by atoms with E-state index in [9.17, 15) is 8.42 Å². The van der Waals surface area contributed by atoms with Crippen LogP contribution in [0, 0.1) is 0 Å². The van der Waals surface area contributed by atoms with E-state index >= 15 is 0 Å². The molecule has 0 bridgehead atoms. The van der Waals surface area contributed by atoms with Crippen LogP contribution in [-0.4, -0.2) is 59.8 Å². The van der Waals surface area contributed by atoms with Gasteiger partial charge in [-0.1, -0.05) is 12.1 Å². The van der Waals surface area contributed by atoms with E-state index < -0.39 is 10.0 Å². The lowest BCUT2D eigenvalue weighted by Crippen LogP contribution is -2.49. The van der Waals surface area contributed by atoms with Crippen molar-refractivity contribution in [1.29, 1.82) is 0 Å². The van der Waals surface area contributed by atoms with Crippen LogP contribution in [0.5, 0.6) is 11.5 Å². The van der Waals surface area contributed by atoms with E-state index in [2.05, 4.69) is 26.7 Å². The van der Waals surface area contributed by atoms with Gasteiger partial charge in [0.05, 0.1) is 26.0 Å². The first-order chi connectivity index (χ1) is 16.5. The number of sulfonamides is 1. The average Bonchev–Trinajstić information content (AvgIpc) is 3.40. The summed E-state index contributed by atoms with van der Waals surface area (Å²) in [5.41, 5.74) is 1.14. The molecular formula is C25H31N3O5S. The Labute approximate surface area is 201 Å². The number of benzene rings is 2. The number of methoxy groups -OCH3 is 1. The number of piperazine rings is 1. The predicted molar refractivity (Wildman–Crippen MR) is 131 cm³/mol. The first kappa shape index (κ1) is 24.1. The Morgan fingerprint density at radius 3 is 2.38 bits per heavy atom. The lowest BCUT2D eigenvalue weighted by molar-refractivity contribution is 0.166. The molecule has 0 aliphatic carbocycles. The van der Waals surface area contributed by atoms with E-state index in [0.29, 0.717) is 12.4 Å². The summed E-state index contributed by atoms with van der Waals surface area (Å²) < 4.78 is 45.5. The SMILES string of the molecule is CCOc1ccccc1S(=O)(=O)NCC(c1ccco1)N1CCN(c2ccc(OC)cc2)CC1. The van der Waals surface area contributed by atoms with Gasteiger partial charge in [0.2, 0.25) is 10.0 Å². The quantitative estimate of drug-likeness (QED) is 0.470. The van der Waals surface area contributed by atoms with Gasteiger partial charge in [0.15, 0.2) is 0 Å². The fraction of sp³-hybridized carbons (Fsp3) is 0.360. The van der Waals surface area contributed by atoms with Gasteiger partial charge in [-0.3, -0.25) is 4.90 Å². The molecule has 1 saturated heterocycles. The van der Waals surface area contributed by atoms with Crippen LogP contribution in [0.25, 0.3) is 0 Å². The number of nitrogens with zero attached hydrogens (tertiary/aromatic N) is 2. The zero-order valence-electron chi connectivity index (χ0n) is 19.5. The van der Waals surface area contributed by atoms with Crippen LogP contribution >= 0.6 is 0 Å². The Hall–Kier alpha value is -3.01. The monoisotopic (exact) mass is 485 g/mol. The summed E-state index contributed by atoms with van der Waals surface area (Å²) in [6.45, 7) is 5.60. The minimum atomic E-state index is -3.76. The summed E-state index contributed by atoms with van der Waals surface area (Å²) in [5.74, 6) is 1.91. The molecule has 1 aromatic heterocycles. The Morgan fingerprint density at radius 1 is 1.00 bits per heavy atom. The van der Waals surface area contributed by atoms with Crippen molar-refractivity contribution in [2.75, 3.05) is 51.3 Å². The molecule has 1 N–H and O–H groups in total. The largest absolute Gasteiger partial charge is 0.497 e. The van der Waals surface area contributed by atoms with Crippen LogP contribution in [0.1, 0.15) is 18.7 Å². The van der Waals surface area contributed by atoms with Gasteiger partial charge in [0.25, 0.3) is 0 Å². The highest BCUT2D eigenvalue weighted by Crippen LogP contribution is 2.27. The third-order valence-corrected chi connectivity index (χ3v) is 7.43. The molecule has 0 spiro atoms. The maximum atomic E-state index is 13.1. The summed E-state index contributed by atoms with van der Waals surface area (Å²) >= 11 is 0. The van der Waals surface area contributed by atoms with Gasteiger partial charge in [0, 0.05) is 38.4 Å². The number of para-hydroxylation sites is 1. The number of nitrogens with one attached hydrogen (secondary N) is 1. The van der Waals surface area contributed by atoms with Crippen LogP contribution in [0.15, 0.2) is 76.2 Å². The van der Waals surface area contributed by atoms with Gasteiger partial charge < -0.3 is 18.8 Å². The molecule has 1 fully saturated rings. The third kappa shape index (κ3) is 5.55. The van der Waals surface area contributed by atoms with Crippen LogP contribution in [0.2, 0.25) is 0 Å². The fourth-order valence-corrected chi connectivity index (χ4v) is 5.37. The number of anilines is 1. The normalized spacial score (nSPS) is 15.8. The summed E-state index contributed by atoms with van der Waals surface area (Å²) in [6.07, 6.45) is 1.62. The number of hydrogen-bond donors (Lipinski definition) is 1. The molecule has 34 heavy (non-hydrogen) atoms. The van der Waals surface area contributed by atoms with Gasteiger partial charge in [-0.05, 0) is 55.5 Å². The smallest absolute Gasteiger partial charge is 0.244 e. The minimum Gasteiger partial charge on any atom is -0.497 e. The minimum absolute atomic E-state index is 0.138. The second kappa shape index (κ2) is 10.9. The maximum absolute atomic E-state index is 13.1. The van der Waals surface area contributed by atoms with Crippen LogP contribution in [0.3, 0.4) is 0 Å². The molecular weight excluding hydrogens is 454 g/mol. The highest BCUT2D eigenvalue weighted by molar-refractivity contribution is 7.89. The first-order valence-corrected chi connectivity index (χ1v) is 12.9. The number of rotatable bonds is 10. The zero-order valence-corrected chi connectivity index (χ0v) is 20.3. The lowest BCUT2D eigenvalue weighted by Gasteiger charge is -2.39. The number of hydrogen-bond acceptors (Lipinski definition) is 7. The van der Waals surface area contributed by atoms with Crippen LogP contribution in [0.4, 0.5) is 5.69 Å². The van der Waals surface area contributed by atoms with Crippen molar-refractivity contribution in [2.45, 2.75) is 17.9 Å². The summed E-state index contributed by atoms with van der Waals surface area (Å²) in [6, 6.07) is 18.2. The molecule has 1 aliphatic heterocycles. The van der Waals surface area contributed by atoms with Gasteiger partial charge in [-0.2, -0.15) is 0 Å². The Morgan fingerprint density at radius 2 is 1.74 bits per heavy atom. The van der Waals surface area contributed by atoms with Crippen molar-refractivity contribution in [2.24, 2.45) is 0 Å². The van der Waals surface area contributed by atoms with Gasteiger partial charge in [0.1, 0.15) is 22.2 Å².